The number of hydrogen-bond donors (Lipinski definition) is 0. The molecule has 0 radical (unpaired) electrons. The lowest BCUT2D eigenvalue weighted by Crippen LogP contribution is -2.02. The summed E-state index contributed by atoms with van der Waals surface area (Å²) in [5, 5.41) is 2.22. The standard InChI is InChI=1S/C16H14BNO/c17-14-6-7-15-13(10-14)8-9-18-16(15)19-11-12-4-2-1-3-5-12/h1-10H,11,17H2. The topological polar surface area (TPSA) is 22.1 Å². The smallest absolute Gasteiger partial charge is 0.221 e. The van der Waals surface area contributed by atoms with Crippen molar-refractivity contribution in [2.45, 2.75) is 6.61 Å². The van der Waals surface area contributed by atoms with E-state index >= 15 is 0 Å². The Balaban J connectivity index is 1.89. The Bertz CT molecular complexity index is 697. The summed E-state index contributed by atoms with van der Waals surface area (Å²) in [6.07, 6.45) is 1.79. The average molecular weight is 247 g/mol. The van der Waals surface area contributed by atoms with Gasteiger partial charge in [0, 0.05) is 11.6 Å². The fraction of sp³-hybridized carbons (Fsp3) is 0.0625. The van der Waals surface area contributed by atoms with Gasteiger partial charge in [-0.25, -0.2) is 4.98 Å². The molecular formula is C16H14BNO. The number of fused-ring (bicyclic) bond motifs is 1. The number of aromatic nitrogens is 1. The van der Waals surface area contributed by atoms with Gasteiger partial charge in [-0.1, -0.05) is 47.9 Å². The molecule has 0 N–H and O–H groups in total. The van der Waals surface area contributed by atoms with E-state index in [4.69, 9.17) is 4.74 Å². The molecule has 1 aromatic heterocycles. The van der Waals surface area contributed by atoms with Gasteiger partial charge in [0.25, 0.3) is 0 Å². The van der Waals surface area contributed by atoms with Crippen LogP contribution in [0.3, 0.4) is 0 Å². The fourth-order valence-corrected chi connectivity index (χ4v) is 2.11. The molecule has 0 spiro atoms. The van der Waals surface area contributed by atoms with Crippen LogP contribution in [0.1, 0.15) is 5.56 Å². The molecule has 0 amide bonds. The molecule has 19 heavy (non-hydrogen) atoms. The third-order valence-corrected chi connectivity index (χ3v) is 3.10. The lowest BCUT2D eigenvalue weighted by molar-refractivity contribution is 0.298. The van der Waals surface area contributed by atoms with Crippen LogP contribution in [0.2, 0.25) is 0 Å². The van der Waals surface area contributed by atoms with E-state index in [0.717, 1.165) is 16.3 Å². The maximum absolute atomic E-state index is 5.83. The summed E-state index contributed by atoms with van der Waals surface area (Å²) in [5.41, 5.74) is 2.39. The molecule has 0 saturated carbocycles. The van der Waals surface area contributed by atoms with Crippen molar-refractivity contribution in [3.05, 3.63) is 66.4 Å². The molecule has 0 aliphatic rings. The molecule has 3 aromatic rings. The van der Waals surface area contributed by atoms with Crippen LogP contribution in [-0.2, 0) is 6.61 Å². The third-order valence-electron chi connectivity index (χ3n) is 3.10. The van der Waals surface area contributed by atoms with Crippen molar-refractivity contribution >= 4 is 24.1 Å². The van der Waals surface area contributed by atoms with Gasteiger partial charge in [-0.2, -0.15) is 0 Å². The first kappa shape index (κ1) is 11.8. The number of ether oxygens (including phenoxy) is 1. The highest BCUT2D eigenvalue weighted by atomic mass is 16.5. The molecule has 1 heterocycles. The van der Waals surface area contributed by atoms with Crippen molar-refractivity contribution in [3.63, 3.8) is 0 Å². The van der Waals surface area contributed by atoms with Gasteiger partial charge in [0.1, 0.15) is 14.5 Å². The van der Waals surface area contributed by atoms with Gasteiger partial charge in [-0.15, -0.1) is 0 Å². The van der Waals surface area contributed by atoms with Gasteiger partial charge >= 0.3 is 0 Å². The van der Waals surface area contributed by atoms with Crippen LogP contribution in [-0.4, -0.2) is 12.8 Å². The highest BCUT2D eigenvalue weighted by Gasteiger charge is 2.03. The fourth-order valence-electron chi connectivity index (χ4n) is 2.11. The number of benzene rings is 2. The third kappa shape index (κ3) is 2.60. The second kappa shape index (κ2) is 5.15. The molecule has 3 heteroatoms. The van der Waals surface area contributed by atoms with Crippen LogP contribution in [0.15, 0.2) is 60.8 Å². The van der Waals surface area contributed by atoms with Crippen LogP contribution < -0.4 is 10.2 Å². The zero-order valence-corrected chi connectivity index (χ0v) is 10.8. The van der Waals surface area contributed by atoms with E-state index < -0.39 is 0 Å². The van der Waals surface area contributed by atoms with Gasteiger partial charge in [-0.05, 0) is 23.1 Å². The molecule has 0 fully saturated rings. The lowest BCUT2D eigenvalue weighted by Gasteiger charge is -2.08. The predicted molar refractivity (Wildman–Crippen MR) is 80.7 cm³/mol. The lowest BCUT2D eigenvalue weighted by atomic mass is 9.94. The van der Waals surface area contributed by atoms with E-state index in [-0.39, 0.29) is 0 Å². The highest BCUT2D eigenvalue weighted by molar-refractivity contribution is 6.33. The van der Waals surface area contributed by atoms with Crippen molar-refractivity contribution in [1.82, 2.24) is 4.98 Å². The Labute approximate surface area is 113 Å². The molecule has 0 atom stereocenters. The molecular weight excluding hydrogens is 233 g/mol. The van der Waals surface area contributed by atoms with Gasteiger partial charge < -0.3 is 4.74 Å². The van der Waals surface area contributed by atoms with Crippen molar-refractivity contribution in [2.75, 3.05) is 0 Å². The Morgan fingerprint density at radius 1 is 1.00 bits per heavy atom. The Morgan fingerprint density at radius 2 is 1.84 bits per heavy atom. The van der Waals surface area contributed by atoms with Crippen LogP contribution in [0.4, 0.5) is 0 Å². The molecule has 92 valence electrons. The van der Waals surface area contributed by atoms with E-state index in [9.17, 15) is 0 Å². The van der Waals surface area contributed by atoms with Crippen LogP contribution in [0, 0.1) is 0 Å². The maximum Gasteiger partial charge on any atom is 0.221 e. The predicted octanol–water partition coefficient (Wildman–Crippen LogP) is 2.07. The molecule has 2 aromatic carbocycles. The van der Waals surface area contributed by atoms with E-state index in [2.05, 4.69) is 43.2 Å². The molecule has 0 aliphatic carbocycles. The normalized spacial score (nSPS) is 10.5. The van der Waals surface area contributed by atoms with E-state index in [1.54, 1.807) is 6.20 Å². The van der Waals surface area contributed by atoms with E-state index in [1.165, 1.54) is 5.46 Å². The van der Waals surface area contributed by atoms with Crippen molar-refractivity contribution < 1.29 is 4.74 Å². The largest absolute Gasteiger partial charge is 0.472 e. The summed E-state index contributed by atoms with van der Waals surface area (Å²) in [6.45, 7) is 0.542. The highest BCUT2D eigenvalue weighted by Crippen LogP contribution is 2.22. The van der Waals surface area contributed by atoms with Gasteiger partial charge in [0.2, 0.25) is 5.88 Å². The summed E-state index contributed by atoms with van der Waals surface area (Å²) in [6, 6.07) is 18.4. The minimum Gasteiger partial charge on any atom is -0.472 e. The minimum atomic E-state index is 0.542. The van der Waals surface area contributed by atoms with E-state index in [1.807, 2.05) is 24.3 Å². The summed E-state index contributed by atoms with van der Waals surface area (Å²) in [5.74, 6) is 0.696. The molecule has 0 saturated heterocycles. The van der Waals surface area contributed by atoms with Crippen LogP contribution in [0.5, 0.6) is 5.88 Å². The first-order chi connectivity index (χ1) is 9.33. The van der Waals surface area contributed by atoms with Crippen LogP contribution in [0.25, 0.3) is 10.8 Å². The zero-order chi connectivity index (χ0) is 13.1. The number of rotatable bonds is 3. The van der Waals surface area contributed by atoms with Crippen molar-refractivity contribution in [1.29, 1.82) is 0 Å². The monoisotopic (exact) mass is 247 g/mol. The Kier molecular flexibility index (Phi) is 3.19. The average Bonchev–Trinajstić information content (AvgIpc) is 2.45. The summed E-state index contributed by atoms with van der Waals surface area (Å²) < 4.78 is 5.83. The summed E-state index contributed by atoms with van der Waals surface area (Å²) in [7, 11) is 2.09. The Morgan fingerprint density at radius 3 is 2.68 bits per heavy atom. The second-order valence-corrected chi connectivity index (χ2v) is 4.61. The maximum atomic E-state index is 5.83. The van der Waals surface area contributed by atoms with Crippen molar-refractivity contribution in [3.8, 4) is 5.88 Å². The number of nitrogens with zero attached hydrogens (tertiary/aromatic N) is 1. The molecule has 3 rings (SSSR count). The van der Waals surface area contributed by atoms with Gasteiger partial charge in [-0.3, -0.25) is 0 Å². The van der Waals surface area contributed by atoms with Gasteiger partial charge in [0.15, 0.2) is 0 Å². The molecule has 0 aliphatic heterocycles. The second-order valence-electron chi connectivity index (χ2n) is 4.61. The first-order valence-corrected chi connectivity index (χ1v) is 6.35. The summed E-state index contributed by atoms with van der Waals surface area (Å²) in [4.78, 5) is 4.33. The minimum absolute atomic E-state index is 0.542. The quantitative estimate of drug-likeness (QED) is 0.661. The molecule has 0 bridgehead atoms. The SMILES string of the molecule is Bc1ccc2c(OCc3ccccc3)nccc2c1. The van der Waals surface area contributed by atoms with E-state index in [0.29, 0.717) is 12.5 Å². The molecule has 0 unspecified atom stereocenters. The summed E-state index contributed by atoms with van der Waals surface area (Å²) >= 11 is 0. The van der Waals surface area contributed by atoms with Crippen LogP contribution >= 0.6 is 0 Å². The molecule has 2 nitrogen and oxygen atoms in total. The Hall–Kier alpha value is -2.29. The zero-order valence-electron chi connectivity index (χ0n) is 10.8. The van der Waals surface area contributed by atoms with Crippen molar-refractivity contribution in [2.24, 2.45) is 0 Å². The number of hydrogen-bond acceptors (Lipinski definition) is 2. The number of pyridine rings is 1. The van der Waals surface area contributed by atoms with Gasteiger partial charge in [0.05, 0.1) is 0 Å². The first-order valence-electron chi connectivity index (χ1n) is 6.35.